The molecular formula is C40H43F6N7O4. The van der Waals surface area contributed by atoms with E-state index in [0.29, 0.717) is 55.0 Å². The molecule has 1 saturated heterocycles. The summed E-state index contributed by atoms with van der Waals surface area (Å²) in [5.74, 6) is -5.47. The maximum atomic E-state index is 14.8. The molecule has 6 unspecified atom stereocenters. The summed E-state index contributed by atoms with van der Waals surface area (Å²) in [7, 11) is 0. The molecule has 1 amide bonds. The summed E-state index contributed by atoms with van der Waals surface area (Å²) in [6.45, 7) is 5.09. The van der Waals surface area contributed by atoms with Gasteiger partial charge in [-0.3, -0.25) is 4.79 Å². The van der Waals surface area contributed by atoms with Gasteiger partial charge in [0, 0.05) is 73.7 Å². The summed E-state index contributed by atoms with van der Waals surface area (Å²) < 4.78 is 94.5. The molecule has 0 radical (unpaired) electrons. The molecule has 3 saturated carbocycles. The first-order chi connectivity index (χ1) is 27.0. The number of benzene rings is 1. The highest BCUT2D eigenvalue weighted by molar-refractivity contribution is 6.00. The highest BCUT2D eigenvalue weighted by atomic mass is 19.4. The Labute approximate surface area is 324 Å². The molecule has 4 heterocycles. The number of ether oxygens (including phenoxy) is 1. The van der Waals surface area contributed by atoms with Gasteiger partial charge in [-0.1, -0.05) is 13.8 Å². The average Bonchev–Trinajstić information content (AvgIpc) is 3.66. The molecule has 2 bridgehead atoms. The Morgan fingerprint density at radius 1 is 1.00 bits per heavy atom. The van der Waals surface area contributed by atoms with Crippen molar-refractivity contribution in [2.75, 3.05) is 18.0 Å². The van der Waals surface area contributed by atoms with Crippen LogP contribution in [0.25, 0.3) is 22.3 Å². The van der Waals surface area contributed by atoms with Gasteiger partial charge in [-0.2, -0.15) is 13.2 Å². The number of hydrogen-bond acceptors (Lipinski definition) is 8. The van der Waals surface area contributed by atoms with Gasteiger partial charge < -0.3 is 24.6 Å². The molecule has 0 spiro atoms. The number of rotatable bonds is 8. The predicted octanol–water partition coefficient (Wildman–Crippen LogP) is 8.10. The average molecular weight is 800 g/mol. The summed E-state index contributed by atoms with van der Waals surface area (Å²) in [5, 5.41) is 13.2. The van der Waals surface area contributed by atoms with Crippen molar-refractivity contribution < 1.29 is 45.8 Å². The third-order valence-corrected chi connectivity index (χ3v) is 12.5. The Balaban J connectivity index is 1.11. The van der Waals surface area contributed by atoms with E-state index >= 15 is 0 Å². The van der Waals surface area contributed by atoms with Gasteiger partial charge in [0.2, 0.25) is 11.9 Å². The number of nitrogens with one attached hydrogen (secondary N) is 1. The molecular weight excluding hydrogens is 756 g/mol. The van der Waals surface area contributed by atoms with Crippen LogP contribution in [-0.2, 0) is 11.0 Å². The molecule has 6 atom stereocenters. The van der Waals surface area contributed by atoms with Crippen LogP contribution in [0.4, 0.5) is 32.3 Å². The Kier molecular flexibility index (Phi) is 9.86. The Bertz CT molecular complexity index is 2170. The smallest absolute Gasteiger partial charge is 0.434 e. The van der Waals surface area contributed by atoms with Crippen LogP contribution < -0.4 is 15.0 Å². The number of anilines is 1. The Hall–Kier alpha value is -4.96. The normalized spacial score (nSPS) is 27.7. The molecule has 57 heavy (non-hydrogen) atoms. The molecule has 3 aliphatic carbocycles. The van der Waals surface area contributed by atoms with Crippen molar-refractivity contribution in [3.8, 4) is 17.1 Å². The fraction of sp³-hybridized carbons (Fsp3) is 0.550. The topological polar surface area (TPSA) is 135 Å². The first-order valence-corrected chi connectivity index (χ1v) is 19.4. The van der Waals surface area contributed by atoms with Crippen molar-refractivity contribution in [3.05, 3.63) is 60.1 Å². The van der Waals surface area contributed by atoms with Gasteiger partial charge in [-0.15, -0.1) is 0 Å². The number of fused-ring (bicyclic) bond motifs is 3. The summed E-state index contributed by atoms with van der Waals surface area (Å²) in [4.78, 5) is 44.5. The number of piperidine rings is 1. The maximum absolute atomic E-state index is 14.8. The van der Waals surface area contributed by atoms with Crippen molar-refractivity contribution >= 4 is 28.7 Å². The van der Waals surface area contributed by atoms with Crippen molar-refractivity contribution in [2.45, 2.75) is 101 Å². The second-order valence-corrected chi connectivity index (χ2v) is 16.5. The summed E-state index contributed by atoms with van der Waals surface area (Å²) >= 11 is 0. The number of halogens is 6. The van der Waals surface area contributed by atoms with Crippen LogP contribution in [-0.4, -0.2) is 72.1 Å². The quantitative estimate of drug-likeness (QED) is 0.170. The number of aliphatic carboxylic acids is 1. The fourth-order valence-electron chi connectivity index (χ4n) is 9.78. The number of alkyl halides is 5. The molecule has 4 fully saturated rings. The monoisotopic (exact) mass is 799 g/mol. The van der Waals surface area contributed by atoms with E-state index in [4.69, 9.17) is 4.74 Å². The van der Waals surface area contributed by atoms with Crippen LogP contribution in [0.3, 0.4) is 0 Å². The van der Waals surface area contributed by atoms with Crippen LogP contribution >= 0.6 is 0 Å². The zero-order valence-corrected chi connectivity index (χ0v) is 31.4. The second-order valence-electron chi connectivity index (χ2n) is 16.5. The maximum Gasteiger partial charge on any atom is 0.434 e. The summed E-state index contributed by atoms with van der Waals surface area (Å²) in [6, 6.07) is 4.70. The zero-order valence-electron chi connectivity index (χ0n) is 31.4. The third-order valence-electron chi connectivity index (χ3n) is 12.5. The molecule has 1 aliphatic heterocycles. The number of carboxylic acid groups (broad SMARTS) is 1. The van der Waals surface area contributed by atoms with Gasteiger partial charge in [-0.05, 0) is 68.4 Å². The lowest BCUT2D eigenvalue weighted by Crippen LogP contribution is -2.57. The van der Waals surface area contributed by atoms with E-state index in [1.165, 1.54) is 0 Å². The number of carboxylic acids is 1. The molecule has 4 aliphatic rings. The minimum absolute atomic E-state index is 0.00173. The molecule has 8 rings (SSSR count). The van der Waals surface area contributed by atoms with Crippen LogP contribution in [0.15, 0.2) is 43.0 Å². The van der Waals surface area contributed by atoms with E-state index in [1.54, 1.807) is 29.0 Å². The van der Waals surface area contributed by atoms with E-state index in [1.807, 2.05) is 18.7 Å². The minimum atomic E-state index is -5.11. The number of amides is 1. The number of hydrogen-bond donors (Lipinski definition) is 2. The lowest BCUT2D eigenvalue weighted by Gasteiger charge is -2.36. The summed E-state index contributed by atoms with van der Waals surface area (Å²) in [6.07, 6.45) is 1.38. The van der Waals surface area contributed by atoms with E-state index < -0.39 is 58.5 Å². The zero-order chi connectivity index (χ0) is 40.4. The number of carbonyl (C=O) groups excluding carboxylic acids is 1. The van der Waals surface area contributed by atoms with Crippen LogP contribution in [0, 0.1) is 29.5 Å². The van der Waals surface area contributed by atoms with Gasteiger partial charge in [0.25, 0.3) is 5.91 Å². The lowest BCUT2D eigenvalue weighted by atomic mass is 9.78. The van der Waals surface area contributed by atoms with Gasteiger partial charge >= 0.3 is 12.1 Å². The molecule has 4 aromatic rings. The molecule has 1 aromatic carbocycles. The molecule has 17 heteroatoms. The van der Waals surface area contributed by atoms with Gasteiger partial charge in [-0.25, -0.2) is 37.9 Å². The predicted molar refractivity (Wildman–Crippen MR) is 195 cm³/mol. The number of carbonyl (C=O) groups is 2. The van der Waals surface area contributed by atoms with Crippen molar-refractivity contribution in [1.29, 1.82) is 0 Å². The van der Waals surface area contributed by atoms with E-state index in [0.717, 1.165) is 25.0 Å². The Morgan fingerprint density at radius 2 is 1.74 bits per heavy atom. The molecule has 304 valence electrons. The van der Waals surface area contributed by atoms with Crippen molar-refractivity contribution in [1.82, 2.24) is 29.8 Å². The van der Waals surface area contributed by atoms with Gasteiger partial charge in [0.1, 0.15) is 17.4 Å². The largest absolute Gasteiger partial charge is 0.490 e. The van der Waals surface area contributed by atoms with Crippen LogP contribution in [0.1, 0.15) is 93.7 Å². The molecule has 3 aromatic heterocycles. The van der Waals surface area contributed by atoms with E-state index in [9.17, 15) is 41.0 Å². The van der Waals surface area contributed by atoms with E-state index in [2.05, 4.69) is 25.3 Å². The van der Waals surface area contributed by atoms with Crippen molar-refractivity contribution in [2.24, 2.45) is 23.7 Å². The fourth-order valence-corrected chi connectivity index (χ4v) is 9.78. The minimum Gasteiger partial charge on any atom is -0.490 e. The summed E-state index contributed by atoms with van der Waals surface area (Å²) in [5.41, 5.74) is -3.37. The third kappa shape index (κ3) is 7.49. The molecule has 11 nitrogen and oxygen atoms in total. The van der Waals surface area contributed by atoms with Crippen molar-refractivity contribution in [3.63, 3.8) is 0 Å². The first kappa shape index (κ1) is 38.9. The Morgan fingerprint density at radius 3 is 2.42 bits per heavy atom. The number of aromatic nitrogens is 5. The van der Waals surface area contributed by atoms with E-state index in [-0.39, 0.29) is 67.3 Å². The van der Waals surface area contributed by atoms with Crippen LogP contribution in [0.5, 0.6) is 5.75 Å². The first-order valence-electron chi connectivity index (χ1n) is 19.4. The van der Waals surface area contributed by atoms with Gasteiger partial charge in [0.05, 0.1) is 23.5 Å². The SMILES string of the molecule is CC1CC2CC(C1)C(NC(=O)c1cnc(-c3cn(C4CCC(F)(F)CC4)c4cc(OC5CCN(c6ncc(F)cn6)CC5C)ccc34)nc1C(F)(F)F)(C(=O)O)C2. The van der Waals surface area contributed by atoms with Crippen LogP contribution in [0.2, 0.25) is 0 Å². The highest BCUT2D eigenvalue weighted by Crippen LogP contribution is 2.51. The number of nitrogens with zero attached hydrogens (tertiary/aromatic N) is 6. The highest BCUT2D eigenvalue weighted by Gasteiger charge is 2.56. The second kappa shape index (κ2) is 14.5. The standard InChI is InChI=1S/C40H43F6N7O4/c1-21-11-23-13-24(12-21)39(15-23,36(55)56)51-35(54)29-18-47-34(50-33(29)40(44,45)46)30-20-53(26-5-8-38(42,43)9-6-26)31-14-27(3-4-28(30)31)57-32-7-10-52(19-22(32)2)37-48-16-25(41)17-49-37/h3-4,14,16-18,20-24,26,32H,5-13,15,19H2,1-2H3,(H,51,54)(H,55,56). The van der Waals surface area contributed by atoms with Gasteiger partial charge in [0.15, 0.2) is 17.3 Å². The lowest BCUT2D eigenvalue weighted by molar-refractivity contribution is -0.146. The molecule has 2 N–H and O–H groups in total.